The number of halogens is 3. The van der Waals surface area contributed by atoms with Gasteiger partial charge in [-0.05, 0) is 24.3 Å². The molecule has 0 spiro atoms. The topological polar surface area (TPSA) is 50.7 Å². The number of hydrogen-bond donors (Lipinski definition) is 1. The summed E-state index contributed by atoms with van der Waals surface area (Å²) in [4.78, 5) is 16.2. The number of amides is 1. The van der Waals surface area contributed by atoms with Crippen LogP contribution in [0, 0.1) is 0 Å². The lowest BCUT2D eigenvalue weighted by molar-refractivity contribution is 0.167. The SMILES string of the molecule is O=C(Nc1ccc(Cl)c(Cl)c1)O/N=C/c1ccccc1Cl. The minimum absolute atomic E-state index is 0.328. The largest absolute Gasteiger partial charge is 0.437 e. The summed E-state index contributed by atoms with van der Waals surface area (Å²) < 4.78 is 0. The van der Waals surface area contributed by atoms with Gasteiger partial charge in [-0.2, -0.15) is 0 Å². The van der Waals surface area contributed by atoms with Crippen molar-refractivity contribution >= 4 is 52.8 Å². The Morgan fingerprint density at radius 3 is 2.52 bits per heavy atom. The quantitative estimate of drug-likeness (QED) is 0.471. The van der Waals surface area contributed by atoms with Crippen LogP contribution >= 0.6 is 34.8 Å². The monoisotopic (exact) mass is 342 g/mol. The number of benzene rings is 2. The average molecular weight is 344 g/mol. The van der Waals surface area contributed by atoms with Gasteiger partial charge in [-0.15, -0.1) is 0 Å². The second-order valence-corrected chi connectivity index (χ2v) is 5.11. The Morgan fingerprint density at radius 1 is 1.05 bits per heavy atom. The van der Waals surface area contributed by atoms with E-state index >= 15 is 0 Å². The molecule has 0 unspecified atom stereocenters. The maximum Gasteiger partial charge on any atom is 0.437 e. The lowest BCUT2D eigenvalue weighted by Gasteiger charge is -2.04. The van der Waals surface area contributed by atoms with E-state index in [0.29, 0.717) is 26.3 Å². The molecule has 108 valence electrons. The predicted molar refractivity (Wildman–Crippen MR) is 85.6 cm³/mol. The van der Waals surface area contributed by atoms with Crippen molar-refractivity contribution in [3.8, 4) is 0 Å². The number of nitrogens with one attached hydrogen (secondary N) is 1. The normalized spacial score (nSPS) is 10.6. The highest BCUT2D eigenvalue weighted by Crippen LogP contribution is 2.25. The zero-order chi connectivity index (χ0) is 15.2. The van der Waals surface area contributed by atoms with Crippen molar-refractivity contribution in [1.82, 2.24) is 0 Å². The van der Waals surface area contributed by atoms with Gasteiger partial charge in [-0.1, -0.05) is 58.2 Å². The second-order valence-electron chi connectivity index (χ2n) is 3.89. The van der Waals surface area contributed by atoms with Crippen molar-refractivity contribution in [3.05, 3.63) is 63.1 Å². The summed E-state index contributed by atoms with van der Waals surface area (Å²) in [6.07, 6.45) is 0.591. The van der Waals surface area contributed by atoms with E-state index < -0.39 is 6.09 Å². The van der Waals surface area contributed by atoms with E-state index in [4.69, 9.17) is 34.8 Å². The highest BCUT2D eigenvalue weighted by molar-refractivity contribution is 6.42. The number of anilines is 1. The van der Waals surface area contributed by atoms with E-state index in [9.17, 15) is 4.79 Å². The summed E-state index contributed by atoms with van der Waals surface area (Å²) in [5.74, 6) is 0. The van der Waals surface area contributed by atoms with Gasteiger partial charge in [0.1, 0.15) is 0 Å². The molecule has 1 N–H and O–H groups in total. The minimum Gasteiger partial charge on any atom is -0.298 e. The molecular weight excluding hydrogens is 335 g/mol. The lowest BCUT2D eigenvalue weighted by Crippen LogP contribution is -2.10. The van der Waals surface area contributed by atoms with Crippen LogP contribution in [0.4, 0.5) is 10.5 Å². The van der Waals surface area contributed by atoms with E-state index in [1.54, 1.807) is 36.4 Å². The highest BCUT2D eigenvalue weighted by atomic mass is 35.5. The fraction of sp³-hybridized carbons (Fsp3) is 0. The Hall–Kier alpha value is -1.75. The third-order valence-corrected chi connectivity index (χ3v) is 3.48. The van der Waals surface area contributed by atoms with Crippen LogP contribution in [0.15, 0.2) is 47.6 Å². The highest BCUT2D eigenvalue weighted by Gasteiger charge is 2.05. The fourth-order valence-corrected chi connectivity index (χ4v) is 1.91. The summed E-state index contributed by atoms with van der Waals surface area (Å²) >= 11 is 17.5. The van der Waals surface area contributed by atoms with E-state index in [2.05, 4.69) is 15.3 Å². The van der Waals surface area contributed by atoms with Crippen LogP contribution in [0.3, 0.4) is 0 Å². The van der Waals surface area contributed by atoms with Gasteiger partial charge in [0.15, 0.2) is 0 Å². The first-order valence-electron chi connectivity index (χ1n) is 5.77. The Labute approximate surface area is 136 Å². The molecule has 0 saturated carbocycles. The van der Waals surface area contributed by atoms with Gasteiger partial charge in [-0.25, -0.2) is 4.79 Å². The van der Waals surface area contributed by atoms with E-state index in [0.717, 1.165) is 0 Å². The van der Waals surface area contributed by atoms with Crippen LogP contribution < -0.4 is 5.32 Å². The molecule has 21 heavy (non-hydrogen) atoms. The molecule has 0 bridgehead atoms. The zero-order valence-corrected chi connectivity index (χ0v) is 12.8. The summed E-state index contributed by atoms with van der Waals surface area (Å²) in [6, 6.07) is 11.7. The summed E-state index contributed by atoms with van der Waals surface area (Å²) in [5.41, 5.74) is 1.09. The van der Waals surface area contributed by atoms with Crippen LogP contribution in [0.5, 0.6) is 0 Å². The van der Waals surface area contributed by atoms with Gasteiger partial charge in [0, 0.05) is 16.3 Å². The van der Waals surface area contributed by atoms with Crippen molar-refractivity contribution < 1.29 is 9.63 Å². The molecule has 0 radical (unpaired) electrons. The second kappa shape index (κ2) is 7.31. The van der Waals surface area contributed by atoms with Gasteiger partial charge >= 0.3 is 6.09 Å². The molecule has 0 aliphatic carbocycles. The van der Waals surface area contributed by atoms with E-state index in [-0.39, 0.29) is 0 Å². The molecule has 0 aliphatic heterocycles. The first kappa shape index (κ1) is 15.6. The minimum atomic E-state index is -0.753. The maximum absolute atomic E-state index is 11.5. The van der Waals surface area contributed by atoms with Gasteiger partial charge in [0.25, 0.3) is 0 Å². The van der Waals surface area contributed by atoms with E-state index in [1.165, 1.54) is 12.3 Å². The fourth-order valence-electron chi connectivity index (χ4n) is 1.43. The van der Waals surface area contributed by atoms with Gasteiger partial charge in [0.05, 0.1) is 16.3 Å². The zero-order valence-electron chi connectivity index (χ0n) is 10.5. The number of carbonyl (C=O) groups excluding carboxylic acids is 1. The molecule has 0 aromatic heterocycles. The molecule has 0 aliphatic rings. The molecular formula is C14H9Cl3N2O2. The number of oxime groups is 1. The first-order chi connectivity index (χ1) is 10.1. The Balaban J connectivity index is 1.93. The van der Waals surface area contributed by atoms with Crippen molar-refractivity contribution in [2.24, 2.45) is 5.16 Å². The molecule has 2 aromatic carbocycles. The Bertz CT molecular complexity index is 690. The van der Waals surface area contributed by atoms with Crippen molar-refractivity contribution in [1.29, 1.82) is 0 Å². The standard InChI is InChI=1S/C14H9Cl3N2O2/c15-11-4-2-1-3-9(11)8-18-21-14(20)19-10-5-6-12(16)13(17)7-10/h1-8H,(H,19,20)/b18-8+. The van der Waals surface area contributed by atoms with Crippen LogP contribution in [0.25, 0.3) is 0 Å². The average Bonchev–Trinajstić information content (AvgIpc) is 2.45. The number of nitrogens with zero attached hydrogens (tertiary/aromatic N) is 1. The van der Waals surface area contributed by atoms with Crippen molar-refractivity contribution in [2.45, 2.75) is 0 Å². The molecule has 0 atom stereocenters. The number of hydrogen-bond acceptors (Lipinski definition) is 3. The maximum atomic E-state index is 11.5. The molecule has 0 saturated heterocycles. The van der Waals surface area contributed by atoms with Crippen LogP contribution in [-0.2, 0) is 4.84 Å². The summed E-state index contributed by atoms with van der Waals surface area (Å²) in [7, 11) is 0. The number of rotatable bonds is 3. The third-order valence-electron chi connectivity index (χ3n) is 2.40. The molecule has 2 rings (SSSR count). The van der Waals surface area contributed by atoms with E-state index in [1.807, 2.05) is 0 Å². The lowest BCUT2D eigenvalue weighted by atomic mass is 10.2. The summed E-state index contributed by atoms with van der Waals surface area (Å²) in [5, 5.41) is 7.25. The van der Waals surface area contributed by atoms with Gasteiger partial charge in [0.2, 0.25) is 0 Å². The Kier molecular flexibility index (Phi) is 5.44. The molecule has 7 heteroatoms. The smallest absolute Gasteiger partial charge is 0.298 e. The van der Waals surface area contributed by atoms with Crippen molar-refractivity contribution in [2.75, 3.05) is 5.32 Å². The van der Waals surface area contributed by atoms with Gasteiger partial charge < -0.3 is 0 Å². The molecule has 1 amide bonds. The molecule has 0 heterocycles. The van der Waals surface area contributed by atoms with Crippen LogP contribution in [0.2, 0.25) is 15.1 Å². The van der Waals surface area contributed by atoms with Crippen molar-refractivity contribution in [3.63, 3.8) is 0 Å². The molecule has 2 aromatic rings. The van der Waals surface area contributed by atoms with Gasteiger partial charge in [-0.3, -0.25) is 10.2 Å². The predicted octanol–water partition coefficient (Wildman–Crippen LogP) is 5.23. The first-order valence-corrected chi connectivity index (χ1v) is 6.90. The Morgan fingerprint density at radius 2 is 1.81 bits per heavy atom. The third kappa shape index (κ3) is 4.63. The summed E-state index contributed by atoms with van der Waals surface area (Å²) in [6.45, 7) is 0. The molecule has 4 nitrogen and oxygen atoms in total. The molecule has 0 fully saturated rings. The number of carbonyl (C=O) groups is 1. The van der Waals surface area contributed by atoms with Crippen LogP contribution in [-0.4, -0.2) is 12.3 Å². The van der Waals surface area contributed by atoms with Crippen LogP contribution in [0.1, 0.15) is 5.56 Å².